The van der Waals surface area contributed by atoms with Gasteiger partial charge in [0.05, 0.1) is 0 Å². The minimum atomic E-state index is -0.0730. The number of phenolic OH excluding ortho intramolecular Hbond substituents is 1. The Bertz CT molecular complexity index is 331. The van der Waals surface area contributed by atoms with Gasteiger partial charge in [0, 0.05) is 16.1 Å². The number of rotatable bonds is 3. The molecule has 0 fully saturated rings. The SMILES string of the molecule is CCC[C@H](N)c1cc(Br)cc(C)c1O.Cl. The fourth-order valence-electron chi connectivity index (χ4n) is 1.51. The fraction of sp³-hybridized carbons (Fsp3) is 0.455. The van der Waals surface area contributed by atoms with Crippen LogP contribution in [0.3, 0.4) is 0 Å². The van der Waals surface area contributed by atoms with Crippen LogP contribution in [0, 0.1) is 6.92 Å². The largest absolute Gasteiger partial charge is 0.507 e. The molecule has 1 aromatic rings. The lowest BCUT2D eigenvalue weighted by atomic mass is 10.00. The summed E-state index contributed by atoms with van der Waals surface area (Å²) in [6, 6.07) is 3.70. The van der Waals surface area contributed by atoms with E-state index in [1.165, 1.54) is 0 Å². The first kappa shape index (κ1) is 14.8. The molecule has 1 atom stereocenters. The minimum Gasteiger partial charge on any atom is -0.507 e. The topological polar surface area (TPSA) is 46.2 Å². The van der Waals surface area contributed by atoms with Crippen molar-refractivity contribution in [1.29, 1.82) is 0 Å². The van der Waals surface area contributed by atoms with Gasteiger partial charge < -0.3 is 10.8 Å². The van der Waals surface area contributed by atoms with Crippen LogP contribution in [0.15, 0.2) is 16.6 Å². The number of aromatic hydroxyl groups is 1. The summed E-state index contributed by atoms with van der Waals surface area (Å²) in [5.41, 5.74) is 7.66. The molecule has 0 bridgehead atoms. The molecule has 0 amide bonds. The number of aryl methyl sites for hydroxylation is 1. The van der Waals surface area contributed by atoms with Crippen molar-refractivity contribution in [3.05, 3.63) is 27.7 Å². The summed E-state index contributed by atoms with van der Waals surface area (Å²) < 4.78 is 0.967. The Morgan fingerprint density at radius 1 is 1.47 bits per heavy atom. The van der Waals surface area contributed by atoms with E-state index in [1.54, 1.807) is 0 Å². The van der Waals surface area contributed by atoms with Gasteiger partial charge in [-0.2, -0.15) is 0 Å². The number of hydrogen-bond acceptors (Lipinski definition) is 2. The molecule has 0 radical (unpaired) electrons. The molecule has 0 saturated carbocycles. The van der Waals surface area contributed by atoms with Gasteiger partial charge in [0.25, 0.3) is 0 Å². The molecular weight excluding hydrogens is 277 g/mol. The minimum absolute atomic E-state index is 0. The molecule has 0 unspecified atom stereocenters. The molecule has 86 valence electrons. The van der Waals surface area contributed by atoms with Gasteiger partial charge in [0.2, 0.25) is 0 Å². The predicted octanol–water partition coefficient (Wildman–Crippen LogP) is 3.68. The lowest BCUT2D eigenvalue weighted by Crippen LogP contribution is -2.10. The molecule has 15 heavy (non-hydrogen) atoms. The van der Waals surface area contributed by atoms with Gasteiger partial charge in [-0.3, -0.25) is 0 Å². The molecule has 0 aliphatic rings. The van der Waals surface area contributed by atoms with E-state index in [1.807, 2.05) is 19.1 Å². The zero-order valence-corrected chi connectivity index (χ0v) is 11.4. The van der Waals surface area contributed by atoms with Crippen molar-refractivity contribution in [3.8, 4) is 5.75 Å². The summed E-state index contributed by atoms with van der Waals surface area (Å²) in [5, 5.41) is 9.82. The summed E-state index contributed by atoms with van der Waals surface area (Å²) in [6.07, 6.45) is 1.91. The number of phenols is 1. The zero-order chi connectivity index (χ0) is 10.7. The molecule has 4 heteroatoms. The summed E-state index contributed by atoms with van der Waals surface area (Å²) in [6.45, 7) is 3.96. The molecule has 2 nitrogen and oxygen atoms in total. The Labute approximate surface area is 105 Å². The highest BCUT2D eigenvalue weighted by molar-refractivity contribution is 9.10. The lowest BCUT2D eigenvalue weighted by molar-refractivity contribution is 0.454. The molecular formula is C11H17BrClNO. The monoisotopic (exact) mass is 293 g/mol. The molecule has 3 N–H and O–H groups in total. The third kappa shape index (κ3) is 3.67. The van der Waals surface area contributed by atoms with Gasteiger partial charge in [0.1, 0.15) is 5.75 Å². The van der Waals surface area contributed by atoms with Gasteiger partial charge >= 0.3 is 0 Å². The molecule has 0 saturated heterocycles. The lowest BCUT2D eigenvalue weighted by Gasteiger charge is -2.14. The summed E-state index contributed by atoms with van der Waals surface area (Å²) >= 11 is 3.40. The number of nitrogens with two attached hydrogens (primary N) is 1. The number of benzene rings is 1. The summed E-state index contributed by atoms with van der Waals surface area (Å²) in [5.74, 6) is 0.328. The van der Waals surface area contributed by atoms with Gasteiger partial charge in [-0.1, -0.05) is 29.3 Å². The average molecular weight is 295 g/mol. The fourth-order valence-corrected chi connectivity index (χ4v) is 2.10. The zero-order valence-electron chi connectivity index (χ0n) is 8.96. The van der Waals surface area contributed by atoms with E-state index in [9.17, 15) is 5.11 Å². The van der Waals surface area contributed by atoms with E-state index in [0.29, 0.717) is 5.75 Å². The van der Waals surface area contributed by atoms with Crippen molar-refractivity contribution in [1.82, 2.24) is 0 Å². The van der Waals surface area contributed by atoms with E-state index < -0.39 is 0 Å². The van der Waals surface area contributed by atoms with E-state index in [0.717, 1.165) is 28.4 Å². The van der Waals surface area contributed by atoms with Crippen LogP contribution in [0.5, 0.6) is 5.75 Å². The molecule has 1 rings (SSSR count). The highest BCUT2D eigenvalue weighted by atomic mass is 79.9. The Morgan fingerprint density at radius 3 is 2.60 bits per heavy atom. The van der Waals surface area contributed by atoms with Gasteiger partial charge in [-0.25, -0.2) is 0 Å². The first-order chi connectivity index (χ1) is 6.56. The summed E-state index contributed by atoms with van der Waals surface area (Å²) in [4.78, 5) is 0. The highest BCUT2D eigenvalue weighted by Crippen LogP contribution is 2.31. The maximum Gasteiger partial charge on any atom is 0.123 e. The smallest absolute Gasteiger partial charge is 0.123 e. The van der Waals surface area contributed by atoms with E-state index in [2.05, 4.69) is 22.9 Å². The van der Waals surface area contributed by atoms with E-state index in [4.69, 9.17) is 5.73 Å². The van der Waals surface area contributed by atoms with E-state index in [-0.39, 0.29) is 18.4 Å². The first-order valence-electron chi connectivity index (χ1n) is 4.80. The second-order valence-electron chi connectivity index (χ2n) is 3.56. The van der Waals surface area contributed by atoms with Crippen LogP contribution in [0.4, 0.5) is 0 Å². The standard InChI is InChI=1S/C11H16BrNO.ClH/c1-3-4-10(13)9-6-8(12)5-7(2)11(9)14;/h5-6,10,14H,3-4,13H2,1-2H3;1H/t10-;/m0./s1. The van der Waals surface area contributed by atoms with Gasteiger partial charge in [0.15, 0.2) is 0 Å². The average Bonchev–Trinajstić information content (AvgIpc) is 2.11. The Hall–Kier alpha value is -0.250. The molecule has 0 heterocycles. The van der Waals surface area contributed by atoms with Crippen LogP contribution < -0.4 is 5.73 Å². The predicted molar refractivity (Wildman–Crippen MR) is 69.6 cm³/mol. The van der Waals surface area contributed by atoms with Gasteiger partial charge in [-0.05, 0) is 31.0 Å². The molecule has 0 aromatic heterocycles. The third-order valence-corrected chi connectivity index (χ3v) is 2.75. The van der Waals surface area contributed by atoms with Crippen LogP contribution in [0.2, 0.25) is 0 Å². The number of halogens is 2. The van der Waals surface area contributed by atoms with Crippen molar-refractivity contribution >= 4 is 28.3 Å². The second-order valence-corrected chi connectivity index (χ2v) is 4.47. The maximum atomic E-state index is 9.82. The second kappa shape index (κ2) is 6.36. The van der Waals surface area contributed by atoms with Crippen molar-refractivity contribution in [2.45, 2.75) is 32.7 Å². The Morgan fingerprint density at radius 2 is 2.07 bits per heavy atom. The van der Waals surface area contributed by atoms with Crippen molar-refractivity contribution in [3.63, 3.8) is 0 Å². The van der Waals surface area contributed by atoms with Crippen LogP contribution in [0.1, 0.15) is 36.9 Å². The van der Waals surface area contributed by atoms with Crippen molar-refractivity contribution < 1.29 is 5.11 Å². The molecule has 0 aliphatic heterocycles. The first-order valence-corrected chi connectivity index (χ1v) is 5.60. The molecule has 0 aliphatic carbocycles. The van der Waals surface area contributed by atoms with Crippen LogP contribution >= 0.6 is 28.3 Å². The van der Waals surface area contributed by atoms with Crippen LogP contribution in [-0.4, -0.2) is 5.11 Å². The normalized spacial score (nSPS) is 12.0. The Kier molecular flexibility index (Phi) is 6.25. The quantitative estimate of drug-likeness (QED) is 0.893. The number of hydrogen-bond donors (Lipinski definition) is 2. The highest BCUT2D eigenvalue weighted by Gasteiger charge is 2.12. The van der Waals surface area contributed by atoms with Crippen molar-refractivity contribution in [2.75, 3.05) is 0 Å². The molecule has 1 aromatic carbocycles. The van der Waals surface area contributed by atoms with Crippen LogP contribution in [0.25, 0.3) is 0 Å². The maximum absolute atomic E-state index is 9.82. The van der Waals surface area contributed by atoms with E-state index >= 15 is 0 Å². The van der Waals surface area contributed by atoms with Gasteiger partial charge in [-0.15, -0.1) is 12.4 Å². The third-order valence-electron chi connectivity index (χ3n) is 2.29. The van der Waals surface area contributed by atoms with Crippen LogP contribution in [-0.2, 0) is 0 Å². The summed E-state index contributed by atoms with van der Waals surface area (Å²) in [7, 11) is 0. The van der Waals surface area contributed by atoms with Crippen molar-refractivity contribution in [2.24, 2.45) is 5.73 Å². The molecule has 0 spiro atoms. The Balaban J connectivity index is 0.00000196.